The van der Waals surface area contributed by atoms with E-state index in [-0.39, 0.29) is 22.8 Å². The van der Waals surface area contributed by atoms with Gasteiger partial charge in [-0.2, -0.15) is 23.5 Å². The van der Waals surface area contributed by atoms with E-state index >= 15 is 0 Å². The van der Waals surface area contributed by atoms with E-state index < -0.39 is 23.6 Å². The van der Waals surface area contributed by atoms with E-state index in [0.717, 1.165) is 17.2 Å². The first-order chi connectivity index (χ1) is 16.4. The normalized spacial score (nSPS) is 13.3. The minimum Gasteiger partial charge on any atom is -0.441 e. The van der Waals surface area contributed by atoms with Gasteiger partial charge in [-0.1, -0.05) is 12.1 Å². The highest BCUT2D eigenvalue weighted by atomic mass is 19.4. The molecule has 0 fully saturated rings. The van der Waals surface area contributed by atoms with Crippen LogP contribution in [0.2, 0.25) is 0 Å². The number of rotatable bonds is 7. The minimum absolute atomic E-state index is 0.0987. The number of carbonyl (C=O) groups excluding carboxylic acids is 1. The number of oxazole rings is 1. The average Bonchev–Trinajstić information content (AvgIpc) is 3.22. The molecule has 0 radical (unpaired) electrons. The van der Waals surface area contributed by atoms with Crippen LogP contribution in [-0.4, -0.2) is 28.1 Å². The predicted molar refractivity (Wildman–Crippen MR) is 122 cm³/mol. The Balaban J connectivity index is 2.17. The van der Waals surface area contributed by atoms with E-state index in [4.69, 9.17) is 4.42 Å². The third kappa shape index (κ3) is 5.77. The van der Waals surface area contributed by atoms with Gasteiger partial charge in [0.25, 0.3) is 0 Å². The van der Waals surface area contributed by atoms with Crippen LogP contribution in [0.5, 0.6) is 0 Å². The number of alkyl halides is 3. The lowest BCUT2D eigenvalue weighted by Crippen LogP contribution is -2.28. The van der Waals surface area contributed by atoms with Crippen LogP contribution in [0.3, 0.4) is 0 Å². The monoisotopic (exact) mass is 484 g/mol. The molecule has 1 aromatic heterocycles. The number of aromatic nitrogens is 1. The summed E-state index contributed by atoms with van der Waals surface area (Å²) in [4.78, 5) is 17.0. The Labute approximate surface area is 200 Å². The van der Waals surface area contributed by atoms with Crippen molar-refractivity contribution in [2.75, 3.05) is 12.4 Å². The number of anilines is 1. The summed E-state index contributed by atoms with van der Waals surface area (Å²) in [5.74, 6) is 0.284. The number of hydrogen-bond donors (Lipinski definition) is 2. The number of aryl methyl sites for hydroxylation is 1. The SMILES string of the molecule is CC(=O)/C(=C(\C)Nc1cccc(C(F)(F)F)c1)C(c1ccc(C#N)cc1-c1ncc(C)o1)N(C)O. The predicted octanol–water partition coefficient (Wildman–Crippen LogP) is 5.88. The number of nitriles is 1. The van der Waals surface area contributed by atoms with Gasteiger partial charge in [-0.3, -0.25) is 4.79 Å². The van der Waals surface area contributed by atoms with E-state index in [2.05, 4.69) is 10.3 Å². The Morgan fingerprint density at radius 2 is 1.94 bits per heavy atom. The quantitative estimate of drug-likeness (QED) is 0.319. The van der Waals surface area contributed by atoms with Gasteiger partial charge in [0.1, 0.15) is 5.76 Å². The molecule has 35 heavy (non-hydrogen) atoms. The Hall–Kier alpha value is -3.94. The van der Waals surface area contributed by atoms with Crippen LogP contribution in [0.25, 0.3) is 11.5 Å². The maximum Gasteiger partial charge on any atom is 0.416 e. The zero-order valence-corrected chi connectivity index (χ0v) is 19.4. The van der Waals surface area contributed by atoms with Crippen molar-refractivity contribution in [1.82, 2.24) is 10.0 Å². The lowest BCUT2D eigenvalue weighted by molar-refractivity contribution is -0.137. The summed E-state index contributed by atoms with van der Waals surface area (Å²) >= 11 is 0. The fraction of sp³-hybridized carbons (Fsp3) is 0.240. The van der Waals surface area contributed by atoms with Crippen molar-refractivity contribution in [3.8, 4) is 17.5 Å². The number of hydroxylamine groups is 2. The molecule has 2 N–H and O–H groups in total. The summed E-state index contributed by atoms with van der Waals surface area (Å²) in [5, 5.41) is 23.6. The van der Waals surface area contributed by atoms with Crippen LogP contribution in [0.4, 0.5) is 18.9 Å². The molecule has 3 rings (SSSR count). The molecule has 1 atom stereocenters. The van der Waals surface area contributed by atoms with Crippen molar-refractivity contribution in [2.45, 2.75) is 33.0 Å². The molecular formula is C25H23F3N4O3. The Bertz CT molecular complexity index is 1320. The molecule has 3 aromatic rings. The van der Waals surface area contributed by atoms with Crippen molar-refractivity contribution < 1.29 is 27.6 Å². The molecule has 0 aliphatic heterocycles. The maximum atomic E-state index is 13.1. The fourth-order valence-corrected chi connectivity index (χ4v) is 3.79. The zero-order chi connectivity index (χ0) is 25.9. The average molecular weight is 484 g/mol. The fourth-order valence-electron chi connectivity index (χ4n) is 3.79. The van der Waals surface area contributed by atoms with Crippen LogP contribution >= 0.6 is 0 Å². The Kier molecular flexibility index (Phi) is 7.43. The van der Waals surface area contributed by atoms with Gasteiger partial charge in [0.15, 0.2) is 5.78 Å². The number of benzene rings is 2. The van der Waals surface area contributed by atoms with Crippen LogP contribution in [0, 0.1) is 18.3 Å². The molecule has 1 unspecified atom stereocenters. The first-order valence-corrected chi connectivity index (χ1v) is 10.5. The summed E-state index contributed by atoms with van der Waals surface area (Å²) in [7, 11) is 1.34. The Morgan fingerprint density at radius 3 is 2.49 bits per heavy atom. The molecule has 0 aliphatic rings. The molecule has 0 saturated carbocycles. The Morgan fingerprint density at radius 1 is 1.23 bits per heavy atom. The van der Waals surface area contributed by atoms with Crippen molar-refractivity contribution in [2.24, 2.45) is 0 Å². The largest absolute Gasteiger partial charge is 0.441 e. The lowest BCUT2D eigenvalue weighted by atomic mass is 9.89. The summed E-state index contributed by atoms with van der Waals surface area (Å²) in [6.07, 6.45) is -3.03. The molecule has 2 aromatic carbocycles. The molecule has 0 aliphatic carbocycles. The van der Waals surface area contributed by atoms with Crippen molar-refractivity contribution in [3.63, 3.8) is 0 Å². The third-order valence-electron chi connectivity index (χ3n) is 5.28. The van der Waals surface area contributed by atoms with E-state index in [1.807, 2.05) is 6.07 Å². The van der Waals surface area contributed by atoms with Gasteiger partial charge in [0.2, 0.25) is 5.89 Å². The van der Waals surface area contributed by atoms with Crippen LogP contribution in [0.15, 0.2) is 64.3 Å². The van der Waals surface area contributed by atoms with Crippen LogP contribution < -0.4 is 5.32 Å². The van der Waals surface area contributed by atoms with Gasteiger partial charge in [0, 0.05) is 29.6 Å². The number of hydrogen-bond acceptors (Lipinski definition) is 7. The van der Waals surface area contributed by atoms with Gasteiger partial charge in [0.05, 0.1) is 29.4 Å². The molecular weight excluding hydrogens is 461 g/mol. The summed E-state index contributed by atoms with van der Waals surface area (Å²) in [5.41, 5.74) is 0.720. The molecule has 10 heteroatoms. The van der Waals surface area contributed by atoms with Gasteiger partial charge in [-0.25, -0.2) is 4.98 Å². The van der Waals surface area contributed by atoms with Gasteiger partial charge in [-0.15, -0.1) is 0 Å². The number of Topliss-reactive ketones (excluding diaryl/α,β-unsaturated/α-hetero) is 1. The smallest absolute Gasteiger partial charge is 0.416 e. The van der Waals surface area contributed by atoms with E-state index in [1.54, 1.807) is 13.0 Å². The number of carbonyl (C=O) groups is 1. The molecule has 0 saturated heterocycles. The van der Waals surface area contributed by atoms with E-state index in [1.165, 1.54) is 51.4 Å². The second-order valence-corrected chi connectivity index (χ2v) is 7.96. The molecule has 7 nitrogen and oxygen atoms in total. The summed E-state index contributed by atoms with van der Waals surface area (Å²) < 4.78 is 45.1. The maximum absolute atomic E-state index is 13.1. The van der Waals surface area contributed by atoms with Crippen molar-refractivity contribution >= 4 is 11.5 Å². The van der Waals surface area contributed by atoms with Gasteiger partial charge in [-0.05, 0) is 56.7 Å². The number of nitrogens with zero attached hydrogens (tertiary/aromatic N) is 3. The minimum atomic E-state index is -4.53. The second kappa shape index (κ2) is 10.1. The lowest BCUT2D eigenvalue weighted by Gasteiger charge is -2.28. The number of halogens is 3. The number of ketones is 1. The highest BCUT2D eigenvalue weighted by Gasteiger charge is 2.32. The standard InChI is InChI=1S/C25H23F3N4O3/c1-14-13-30-24(35-14)21-10-17(12-29)8-9-20(21)23(32(4)34)22(16(3)33)15(2)31-19-7-5-6-18(11-19)25(26,27)28/h5-11,13,23,31,34H,1-4H3/b22-15-. The van der Waals surface area contributed by atoms with E-state index in [9.17, 15) is 28.4 Å². The molecule has 1 heterocycles. The second-order valence-electron chi connectivity index (χ2n) is 7.96. The number of nitrogens with one attached hydrogen (secondary N) is 1. The number of allylic oxidation sites excluding steroid dienone is 1. The van der Waals surface area contributed by atoms with Crippen molar-refractivity contribution in [3.05, 3.63) is 82.4 Å². The van der Waals surface area contributed by atoms with E-state index in [0.29, 0.717) is 22.5 Å². The first-order valence-electron chi connectivity index (χ1n) is 10.5. The van der Waals surface area contributed by atoms with Crippen LogP contribution in [-0.2, 0) is 11.0 Å². The first kappa shape index (κ1) is 25.7. The molecule has 0 spiro atoms. The highest BCUT2D eigenvalue weighted by Crippen LogP contribution is 2.37. The third-order valence-corrected chi connectivity index (χ3v) is 5.28. The topological polar surface area (TPSA) is 102 Å². The molecule has 182 valence electrons. The van der Waals surface area contributed by atoms with Gasteiger partial charge < -0.3 is 14.9 Å². The molecule has 0 bridgehead atoms. The number of likely N-dealkylation sites (N-methyl/N-ethyl adjacent to an activating group) is 1. The summed E-state index contributed by atoms with van der Waals surface area (Å²) in [6.45, 7) is 4.53. The zero-order valence-electron chi connectivity index (χ0n) is 19.4. The molecule has 0 amide bonds. The highest BCUT2D eigenvalue weighted by molar-refractivity contribution is 5.96. The summed E-state index contributed by atoms with van der Waals surface area (Å²) in [6, 6.07) is 10.2. The van der Waals surface area contributed by atoms with Gasteiger partial charge >= 0.3 is 6.18 Å². The van der Waals surface area contributed by atoms with Crippen LogP contribution in [0.1, 0.15) is 42.3 Å². The van der Waals surface area contributed by atoms with Crippen molar-refractivity contribution in [1.29, 1.82) is 5.26 Å².